The molecule has 90 valence electrons. The van der Waals surface area contributed by atoms with Crippen molar-refractivity contribution in [2.24, 2.45) is 7.05 Å². The van der Waals surface area contributed by atoms with E-state index in [0.717, 1.165) is 16.5 Å². The molecule has 0 unspecified atom stereocenters. The first kappa shape index (κ1) is 12.0. The predicted octanol–water partition coefficient (Wildman–Crippen LogP) is 3.32. The lowest BCUT2D eigenvalue weighted by molar-refractivity contribution is 0.0516. The molecule has 2 rings (SSSR count). The van der Waals surface area contributed by atoms with Crippen LogP contribution in [0.4, 0.5) is 0 Å². The molecule has 0 bridgehead atoms. The Balaban J connectivity index is 2.64. The fraction of sp³-hybridized carbons (Fsp3) is 0.308. The van der Waals surface area contributed by atoms with Crippen LogP contribution in [0.2, 0.25) is 5.02 Å². The number of rotatable bonds is 2. The van der Waals surface area contributed by atoms with E-state index in [2.05, 4.69) is 0 Å². The molecule has 0 spiro atoms. The maximum Gasteiger partial charge on any atom is 0.354 e. The number of carbonyl (C=O) groups is 1. The molecule has 3 nitrogen and oxygen atoms in total. The molecule has 2 aromatic rings. The lowest BCUT2D eigenvalue weighted by Crippen LogP contribution is -2.09. The van der Waals surface area contributed by atoms with Gasteiger partial charge in [-0.3, -0.25) is 0 Å². The van der Waals surface area contributed by atoms with E-state index >= 15 is 0 Å². The fourth-order valence-electron chi connectivity index (χ4n) is 1.89. The van der Waals surface area contributed by atoms with Gasteiger partial charge in [-0.1, -0.05) is 17.7 Å². The minimum Gasteiger partial charge on any atom is -0.461 e. The van der Waals surface area contributed by atoms with Gasteiger partial charge in [-0.2, -0.15) is 0 Å². The molecule has 0 fully saturated rings. The van der Waals surface area contributed by atoms with Crippen LogP contribution < -0.4 is 0 Å². The summed E-state index contributed by atoms with van der Waals surface area (Å²) < 4.78 is 6.81. The SMILES string of the molecule is CCOC(=O)c1cc2c(Cl)c(C)ccc2n1C. The molecule has 0 atom stereocenters. The van der Waals surface area contributed by atoms with Crippen molar-refractivity contribution >= 4 is 28.5 Å². The van der Waals surface area contributed by atoms with Crippen LogP contribution in [0.25, 0.3) is 10.9 Å². The maximum atomic E-state index is 11.7. The van der Waals surface area contributed by atoms with Crippen molar-refractivity contribution in [3.8, 4) is 0 Å². The Hall–Kier alpha value is -1.48. The highest BCUT2D eigenvalue weighted by Crippen LogP contribution is 2.29. The number of fused-ring (bicyclic) bond motifs is 1. The Morgan fingerprint density at radius 2 is 2.18 bits per heavy atom. The van der Waals surface area contributed by atoms with Gasteiger partial charge in [-0.15, -0.1) is 0 Å². The summed E-state index contributed by atoms with van der Waals surface area (Å²) >= 11 is 6.23. The van der Waals surface area contributed by atoms with Gasteiger partial charge in [0, 0.05) is 18.0 Å². The van der Waals surface area contributed by atoms with E-state index in [4.69, 9.17) is 16.3 Å². The molecule has 0 amide bonds. The molecule has 17 heavy (non-hydrogen) atoms. The minimum absolute atomic E-state index is 0.320. The van der Waals surface area contributed by atoms with Gasteiger partial charge in [-0.05, 0) is 31.5 Å². The predicted molar refractivity (Wildman–Crippen MR) is 68.6 cm³/mol. The first-order valence-corrected chi connectivity index (χ1v) is 5.85. The van der Waals surface area contributed by atoms with E-state index in [0.29, 0.717) is 17.3 Å². The van der Waals surface area contributed by atoms with Crippen LogP contribution in [0.15, 0.2) is 18.2 Å². The van der Waals surface area contributed by atoms with Gasteiger partial charge < -0.3 is 9.30 Å². The summed E-state index contributed by atoms with van der Waals surface area (Å²) in [6.45, 7) is 4.10. The maximum absolute atomic E-state index is 11.7. The normalized spacial score (nSPS) is 10.8. The highest BCUT2D eigenvalue weighted by Gasteiger charge is 2.16. The van der Waals surface area contributed by atoms with Gasteiger partial charge in [0.1, 0.15) is 5.69 Å². The van der Waals surface area contributed by atoms with Crippen LogP contribution in [0, 0.1) is 6.92 Å². The Bertz CT molecular complexity index is 587. The number of hydrogen-bond donors (Lipinski definition) is 0. The zero-order chi connectivity index (χ0) is 12.6. The van der Waals surface area contributed by atoms with Gasteiger partial charge in [0.25, 0.3) is 0 Å². The number of halogens is 1. The van der Waals surface area contributed by atoms with E-state index in [1.165, 1.54) is 0 Å². The van der Waals surface area contributed by atoms with Crippen molar-refractivity contribution in [3.63, 3.8) is 0 Å². The van der Waals surface area contributed by atoms with E-state index in [1.54, 1.807) is 17.6 Å². The summed E-state index contributed by atoms with van der Waals surface area (Å²) in [7, 11) is 1.83. The molecule has 0 N–H and O–H groups in total. The number of benzene rings is 1. The number of ether oxygens (including phenoxy) is 1. The Morgan fingerprint density at radius 3 is 2.82 bits per heavy atom. The second-order valence-corrected chi connectivity index (χ2v) is 4.32. The molecule has 0 saturated carbocycles. The van der Waals surface area contributed by atoms with Gasteiger partial charge in [0.15, 0.2) is 0 Å². The van der Waals surface area contributed by atoms with Crippen LogP contribution in [0.1, 0.15) is 23.0 Å². The second kappa shape index (κ2) is 4.41. The van der Waals surface area contributed by atoms with Crippen molar-refractivity contribution in [2.75, 3.05) is 6.61 Å². The highest BCUT2D eigenvalue weighted by atomic mass is 35.5. The summed E-state index contributed by atoms with van der Waals surface area (Å²) in [5.74, 6) is -0.320. The third-order valence-electron chi connectivity index (χ3n) is 2.84. The highest BCUT2D eigenvalue weighted by molar-refractivity contribution is 6.36. The first-order chi connectivity index (χ1) is 8.06. The quantitative estimate of drug-likeness (QED) is 0.767. The Labute approximate surface area is 105 Å². The average Bonchev–Trinajstić information content (AvgIpc) is 2.63. The number of aromatic nitrogens is 1. The van der Waals surface area contributed by atoms with Crippen LogP contribution in [0.5, 0.6) is 0 Å². The first-order valence-electron chi connectivity index (χ1n) is 5.48. The Morgan fingerprint density at radius 1 is 1.47 bits per heavy atom. The van der Waals surface area contributed by atoms with Crippen LogP contribution >= 0.6 is 11.6 Å². The third-order valence-corrected chi connectivity index (χ3v) is 3.34. The minimum atomic E-state index is -0.320. The zero-order valence-corrected chi connectivity index (χ0v) is 10.8. The number of hydrogen-bond acceptors (Lipinski definition) is 2. The number of nitrogens with zero attached hydrogens (tertiary/aromatic N) is 1. The summed E-state index contributed by atoms with van der Waals surface area (Å²) in [4.78, 5) is 11.7. The summed E-state index contributed by atoms with van der Waals surface area (Å²) in [6, 6.07) is 5.68. The van der Waals surface area contributed by atoms with Crippen molar-refractivity contribution in [1.29, 1.82) is 0 Å². The standard InChI is InChI=1S/C13H14ClNO2/c1-4-17-13(16)11-7-9-10(15(11)3)6-5-8(2)12(9)14/h5-7H,4H2,1-3H3. The zero-order valence-electron chi connectivity index (χ0n) is 10.1. The van der Waals surface area contributed by atoms with E-state index < -0.39 is 0 Å². The lowest BCUT2D eigenvalue weighted by atomic mass is 10.2. The average molecular weight is 252 g/mol. The van der Waals surface area contributed by atoms with Gasteiger partial charge in [0.2, 0.25) is 0 Å². The molecular formula is C13H14ClNO2. The van der Waals surface area contributed by atoms with Crippen LogP contribution in [-0.2, 0) is 11.8 Å². The molecular weight excluding hydrogens is 238 g/mol. The molecule has 0 aliphatic carbocycles. The molecule has 1 aromatic carbocycles. The molecule has 1 aromatic heterocycles. The van der Waals surface area contributed by atoms with Crippen molar-refractivity contribution < 1.29 is 9.53 Å². The molecule has 0 aliphatic rings. The summed E-state index contributed by atoms with van der Waals surface area (Å²) in [5, 5.41) is 1.57. The second-order valence-electron chi connectivity index (χ2n) is 3.94. The topological polar surface area (TPSA) is 31.2 Å². The van der Waals surface area contributed by atoms with Crippen LogP contribution in [-0.4, -0.2) is 17.1 Å². The molecule has 0 aliphatic heterocycles. The molecule has 1 heterocycles. The smallest absolute Gasteiger partial charge is 0.354 e. The number of carbonyl (C=O) groups excluding carboxylic acids is 1. The monoisotopic (exact) mass is 251 g/mol. The third kappa shape index (κ3) is 1.91. The van der Waals surface area contributed by atoms with Gasteiger partial charge in [0.05, 0.1) is 11.6 Å². The van der Waals surface area contributed by atoms with Crippen LogP contribution in [0.3, 0.4) is 0 Å². The summed E-state index contributed by atoms with van der Waals surface area (Å²) in [6.07, 6.45) is 0. The molecule has 0 radical (unpaired) electrons. The largest absolute Gasteiger partial charge is 0.461 e. The van der Waals surface area contributed by atoms with Crippen molar-refractivity contribution in [2.45, 2.75) is 13.8 Å². The van der Waals surface area contributed by atoms with Crippen molar-refractivity contribution in [3.05, 3.63) is 34.5 Å². The van der Waals surface area contributed by atoms with E-state index in [9.17, 15) is 4.79 Å². The van der Waals surface area contributed by atoms with E-state index in [1.807, 2.05) is 26.1 Å². The molecule has 4 heteroatoms. The van der Waals surface area contributed by atoms with E-state index in [-0.39, 0.29) is 5.97 Å². The fourth-order valence-corrected chi connectivity index (χ4v) is 2.10. The Kier molecular flexibility index (Phi) is 3.11. The number of aryl methyl sites for hydroxylation is 2. The van der Waals surface area contributed by atoms with Crippen molar-refractivity contribution in [1.82, 2.24) is 4.57 Å². The van der Waals surface area contributed by atoms with Gasteiger partial charge in [-0.25, -0.2) is 4.79 Å². The molecule has 0 saturated heterocycles. The van der Waals surface area contributed by atoms with Gasteiger partial charge >= 0.3 is 5.97 Å². The summed E-state index contributed by atoms with van der Waals surface area (Å²) in [5.41, 5.74) is 2.46. The number of esters is 1. The lowest BCUT2D eigenvalue weighted by Gasteiger charge is -2.03.